The van der Waals surface area contributed by atoms with Crippen LogP contribution in [0.5, 0.6) is 0 Å². The second-order valence-corrected chi connectivity index (χ2v) is 8.57. The lowest BCUT2D eigenvalue weighted by atomic mass is 10.3. The normalized spacial score (nSPS) is 15.9. The summed E-state index contributed by atoms with van der Waals surface area (Å²) in [5.74, 6) is 0.999. The summed E-state index contributed by atoms with van der Waals surface area (Å²) in [5.41, 5.74) is 16.9. The zero-order valence-corrected chi connectivity index (χ0v) is 14.7. The number of hydrogen-bond acceptors (Lipinski definition) is 6. The third-order valence-corrected chi connectivity index (χ3v) is 5.98. The van der Waals surface area contributed by atoms with Crippen molar-refractivity contribution in [3.63, 3.8) is 0 Å². The van der Waals surface area contributed by atoms with E-state index in [0.29, 0.717) is 24.3 Å². The summed E-state index contributed by atoms with van der Waals surface area (Å²) in [6, 6.07) is -0.775. The fourth-order valence-corrected chi connectivity index (χ4v) is 4.66. The SMILES string of the molecule is [N-]=[N+]=N[C@H](CCS(=O)O)CSSC[C@@H](CCS(=O)O)N=[N+]=[N-]. The Bertz CT molecular complexity index is 426. The van der Waals surface area contributed by atoms with Gasteiger partial charge in [-0.05, 0) is 23.9 Å². The van der Waals surface area contributed by atoms with Gasteiger partial charge in [0.05, 0.1) is 0 Å². The number of hydrogen-bond donors (Lipinski definition) is 2. The molecule has 0 aliphatic carbocycles. The zero-order chi connectivity index (χ0) is 16.8. The van der Waals surface area contributed by atoms with E-state index in [2.05, 4.69) is 20.1 Å². The first-order valence-corrected chi connectivity index (χ1v) is 11.0. The lowest BCUT2D eigenvalue weighted by Gasteiger charge is -2.11. The predicted molar refractivity (Wildman–Crippen MR) is 91.3 cm³/mol. The summed E-state index contributed by atoms with van der Waals surface area (Å²) in [6.07, 6.45) is 0.619. The molecule has 0 rings (SSSR count). The molecule has 0 heterocycles. The van der Waals surface area contributed by atoms with Gasteiger partial charge in [-0.1, -0.05) is 31.8 Å². The molecule has 2 unspecified atom stereocenters. The Labute approximate surface area is 140 Å². The van der Waals surface area contributed by atoms with Crippen LogP contribution in [-0.4, -0.2) is 52.6 Å². The number of nitrogens with zero attached hydrogens (tertiary/aromatic N) is 6. The maximum atomic E-state index is 10.6. The molecule has 0 bridgehead atoms. The second-order valence-electron chi connectivity index (χ2n) is 3.92. The van der Waals surface area contributed by atoms with E-state index in [1.165, 1.54) is 21.6 Å². The van der Waals surface area contributed by atoms with Crippen molar-refractivity contribution in [1.29, 1.82) is 0 Å². The molecule has 0 aliphatic rings. The van der Waals surface area contributed by atoms with Gasteiger partial charge in [0.25, 0.3) is 0 Å². The fraction of sp³-hybridized carbons (Fsp3) is 1.00. The quantitative estimate of drug-likeness (QED) is 0.122. The van der Waals surface area contributed by atoms with Gasteiger partial charge in [-0.25, -0.2) is 8.42 Å². The molecule has 0 saturated heterocycles. The van der Waals surface area contributed by atoms with Crippen LogP contribution >= 0.6 is 21.6 Å². The summed E-state index contributed by atoms with van der Waals surface area (Å²) in [4.78, 5) is 5.40. The van der Waals surface area contributed by atoms with Gasteiger partial charge in [-0.15, -0.1) is 0 Å². The summed E-state index contributed by atoms with van der Waals surface area (Å²) in [7, 11) is 2.78. The van der Waals surface area contributed by atoms with Gasteiger partial charge in [-0.2, -0.15) is 0 Å². The Hall–Kier alpha value is -0.460. The molecule has 0 spiro atoms. The van der Waals surface area contributed by atoms with Crippen molar-refractivity contribution in [2.45, 2.75) is 24.9 Å². The molecular formula is C8H16N6O4S4. The lowest BCUT2D eigenvalue weighted by molar-refractivity contribution is 0.556. The minimum absolute atomic E-state index is 0.0403. The second kappa shape index (κ2) is 14.2. The van der Waals surface area contributed by atoms with Crippen molar-refractivity contribution in [2.24, 2.45) is 10.2 Å². The van der Waals surface area contributed by atoms with Gasteiger partial charge in [0, 0.05) is 44.9 Å². The van der Waals surface area contributed by atoms with E-state index in [0.717, 1.165) is 0 Å². The van der Waals surface area contributed by atoms with Crippen LogP contribution in [0.15, 0.2) is 10.2 Å². The molecular weight excluding hydrogens is 372 g/mol. The first kappa shape index (κ1) is 21.5. The van der Waals surface area contributed by atoms with E-state index in [4.69, 9.17) is 20.2 Å². The van der Waals surface area contributed by atoms with Gasteiger partial charge in [0.15, 0.2) is 22.2 Å². The molecule has 14 heteroatoms. The molecule has 0 aromatic carbocycles. The molecule has 0 saturated carbocycles. The number of azide groups is 2. The molecule has 22 heavy (non-hydrogen) atoms. The van der Waals surface area contributed by atoms with Crippen molar-refractivity contribution < 1.29 is 17.5 Å². The van der Waals surface area contributed by atoms with E-state index in [1.54, 1.807) is 0 Å². The summed E-state index contributed by atoms with van der Waals surface area (Å²) in [5, 5.41) is 7.11. The Morgan fingerprint density at radius 3 is 1.55 bits per heavy atom. The predicted octanol–water partition coefficient (Wildman–Crippen LogP) is 2.95. The van der Waals surface area contributed by atoms with E-state index < -0.39 is 22.2 Å². The Kier molecular flexibility index (Phi) is 13.9. The molecule has 2 N–H and O–H groups in total. The van der Waals surface area contributed by atoms with Crippen LogP contribution in [0.1, 0.15) is 12.8 Å². The third kappa shape index (κ3) is 13.2. The molecule has 0 aromatic heterocycles. The zero-order valence-electron chi connectivity index (χ0n) is 11.4. The van der Waals surface area contributed by atoms with Crippen molar-refractivity contribution in [3.05, 3.63) is 20.9 Å². The topological polar surface area (TPSA) is 172 Å². The van der Waals surface area contributed by atoms with Crippen LogP contribution in [0, 0.1) is 0 Å². The molecule has 4 atom stereocenters. The van der Waals surface area contributed by atoms with E-state index >= 15 is 0 Å². The van der Waals surface area contributed by atoms with Crippen molar-refractivity contribution in [2.75, 3.05) is 23.0 Å². The molecule has 126 valence electrons. The van der Waals surface area contributed by atoms with Crippen LogP contribution in [0.25, 0.3) is 20.9 Å². The maximum Gasteiger partial charge on any atom is 0.152 e. The molecule has 0 radical (unpaired) electrons. The van der Waals surface area contributed by atoms with Crippen LogP contribution in [0.2, 0.25) is 0 Å². The highest BCUT2D eigenvalue weighted by Crippen LogP contribution is 2.26. The first-order chi connectivity index (χ1) is 10.5. The summed E-state index contributed by atoms with van der Waals surface area (Å²) in [6.45, 7) is 0. The molecule has 10 nitrogen and oxygen atoms in total. The monoisotopic (exact) mass is 388 g/mol. The molecule has 0 aromatic rings. The van der Waals surface area contributed by atoms with Crippen LogP contribution in [-0.2, 0) is 22.2 Å². The largest absolute Gasteiger partial charge is 0.306 e. The fourth-order valence-electron chi connectivity index (χ4n) is 1.22. The van der Waals surface area contributed by atoms with Crippen LogP contribution in [0.4, 0.5) is 0 Å². The van der Waals surface area contributed by atoms with Gasteiger partial charge in [0.2, 0.25) is 0 Å². The molecule has 0 amide bonds. The van der Waals surface area contributed by atoms with Crippen LogP contribution < -0.4 is 0 Å². The lowest BCUT2D eigenvalue weighted by Crippen LogP contribution is -2.13. The smallest absolute Gasteiger partial charge is 0.152 e. The summed E-state index contributed by atoms with van der Waals surface area (Å²) >= 11 is -3.84. The van der Waals surface area contributed by atoms with Crippen molar-refractivity contribution in [1.82, 2.24) is 0 Å². The Balaban J connectivity index is 4.11. The van der Waals surface area contributed by atoms with Gasteiger partial charge >= 0.3 is 0 Å². The molecule has 0 fully saturated rings. The van der Waals surface area contributed by atoms with E-state index in [1.807, 2.05) is 0 Å². The van der Waals surface area contributed by atoms with Gasteiger partial charge < -0.3 is 9.11 Å². The van der Waals surface area contributed by atoms with Crippen molar-refractivity contribution in [3.8, 4) is 0 Å². The highest BCUT2D eigenvalue weighted by molar-refractivity contribution is 8.76. The Morgan fingerprint density at radius 1 is 0.909 bits per heavy atom. The average molecular weight is 389 g/mol. The van der Waals surface area contributed by atoms with Gasteiger partial charge in [-0.3, -0.25) is 0 Å². The third-order valence-electron chi connectivity index (χ3n) is 2.29. The van der Waals surface area contributed by atoms with Crippen molar-refractivity contribution >= 4 is 43.7 Å². The van der Waals surface area contributed by atoms with E-state index in [-0.39, 0.29) is 23.6 Å². The Morgan fingerprint density at radius 2 is 1.27 bits per heavy atom. The highest BCUT2D eigenvalue weighted by atomic mass is 33.1. The minimum Gasteiger partial charge on any atom is -0.306 e. The van der Waals surface area contributed by atoms with Gasteiger partial charge in [0.1, 0.15) is 0 Å². The summed E-state index contributed by atoms with van der Waals surface area (Å²) < 4.78 is 38.6. The van der Waals surface area contributed by atoms with E-state index in [9.17, 15) is 8.42 Å². The maximum absolute atomic E-state index is 10.6. The van der Waals surface area contributed by atoms with Crippen LogP contribution in [0.3, 0.4) is 0 Å². The minimum atomic E-state index is -1.92. The first-order valence-electron chi connectivity index (χ1n) is 5.97. The molecule has 0 aliphatic heterocycles. The average Bonchev–Trinajstić information content (AvgIpc) is 2.46. The number of rotatable bonds is 13. The standard InChI is InChI=1S/C8H16N6O4S4/c9-13-11-7(1-3-21(15)16)5-19-20-6-8(12-14-10)2-4-22(17)18/h7-8H,1-6H2,(H,15,16)(H,17,18)/t7-,8-/m1/s1. The highest BCUT2D eigenvalue weighted by Gasteiger charge is 2.11.